The Balaban J connectivity index is 1.28. The lowest BCUT2D eigenvalue weighted by Crippen LogP contribution is -2.45. The second-order valence-corrected chi connectivity index (χ2v) is 9.49. The number of aromatic nitrogens is 3. The fourth-order valence-corrected chi connectivity index (χ4v) is 4.94. The van der Waals surface area contributed by atoms with E-state index in [1.807, 2.05) is 12.1 Å². The normalized spacial score (nSPS) is 18.3. The highest BCUT2D eigenvalue weighted by atomic mass is 16.5. The summed E-state index contributed by atoms with van der Waals surface area (Å²) in [7, 11) is 0. The van der Waals surface area contributed by atoms with Crippen LogP contribution in [0.4, 0.5) is 0 Å². The van der Waals surface area contributed by atoms with Crippen molar-refractivity contribution < 1.29 is 18.8 Å². The molecule has 0 radical (unpaired) electrons. The summed E-state index contributed by atoms with van der Waals surface area (Å²) in [4.78, 5) is 33.1. The summed E-state index contributed by atoms with van der Waals surface area (Å²) in [6.45, 7) is 1.92. The van der Waals surface area contributed by atoms with Gasteiger partial charge in [0, 0.05) is 38.6 Å². The minimum Gasteiger partial charge on any atom is -0.474 e. The summed E-state index contributed by atoms with van der Waals surface area (Å²) in [6, 6.07) is 3.76. The minimum atomic E-state index is -0.577. The van der Waals surface area contributed by atoms with Crippen LogP contribution in [-0.2, 0) is 28.1 Å². The van der Waals surface area contributed by atoms with E-state index in [4.69, 9.17) is 9.26 Å². The van der Waals surface area contributed by atoms with E-state index < -0.39 is 5.54 Å². The Morgan fingerprint density at radius 1 is 1.15 bits per heavy atom. The molecular weight excluding hydrogens is 434 g/mol. The zero-order valence-corrected chi connectivity index (χ0v) is 20.0. The topological polar surface area (TPSA) is 119 Å². The zero-order chi connectivity index (χ0) is 23.8. The molecule has 0 saturated heterocycles. The Morgan fingerprint density at radius 2 is 1.91 bits per heavy atom. The molecule has 34 heavy (non-hydrogen) atoms. The molecular formula is C25H35N5O4. The molecule has 0 spiro atoms. The van der Waals surface area contributed by atoms with E-state index in [9.17, 15) is 9.59 Å². The van der Waals surface area contributed by atoms with Gasteiger partial charge in [0.15, 0.2) is 5.82 Å². The SMILES string of the molecule is CC(=O)NC1(c2noc(CCC(=O)NCc3ccnc(OC4CCCC4)c3)n2)CCCCCC1. The van der Waals surface area contributed by atoms with E-state index in [0.717, 1.165) is 56.9 Å². The van der Waals surface area contributed by atoms with Crippen molar-refractivity contribution in [3.05, 3.63) is 35.6 Å². The fourth-order valence-electron chi connectivity index (χ4n) is 4.94. The lowest BCUT2D eigenvalue weighted by atomic mass is 9.89. The van der Waals surface area contributed by atoms with Gasteiger partial charge in [0.1, 0.15) is 11.6 Å². The van der Waals surface area contributed by atoms with Gasteiger partial charge in [-0.15, -0.1) is 0 Å². The van der Waals surface area contributed by atoms with Crippen molar-refractivity contribution in [3.63, 3.8) is 0 Å². The Hall–Kier alpha value is -2.97. The van der Waals surface area contributed by atoms with Gasteiger partial charge in [-0.25, -0.2) is 4.98 Å². The third-order valence-corrected chi connectivity index (χ3v) is 6.71. The molecule has 2 heterocycles. The van der Waals surface area contributed by atoms with Crippen LogP contribution in [-0.4, -0.2) is 33.0 Å². The fraction of sp³-hybridized carbons (Fsp3) is 0.640. The molecule has 0 unspecified atom stereocenters. The van der Waals surface area contributed by atoms with E-state index in [-0.39, 0.29) is 24.3 Å². The highest BCUT2D eigenvalue weighted by Crippen LogP contribution is 2.34. The van der Waals surface area contributed by atoms with Gasteiger partial charge >= 0.3 is 0 Å². The molecule has 4 rings (SSSR count). The van der Waals surface area contributed by atoms with Gasteiger partial charge in [0.05, 0.1) is 0 Å². The molecule has 2 aromatic rings. The van der Waals surface area contributed by atoms with Gasteiger partial charge < -0.3 is 19.9 Å². The molecule has 2 aromatic heterocycles. The number of hydrogen-bond donors (Lipinski definition) is 2. The molecule has 0 atom stereocenters. The summed E-state index contributed by atoms with van der Waals surface area (Å²) in [5.41, 5.74) is 0.369. The van der Waals surface area contributed by atoms with Crippen molar-refractivity contribution in [1.29, 1.82) is 0 Å². The quantitative estimate of drug-likeness (QED) is 0.537. The number of pyridine rings is 1. The number of aryl methyl sites for hydroxylation is 1. The molecule has 2 amide bonds. The number of ether oxygens (including phenoxy) is 1. The number of carbonyl (C=O) groups is 2. The number of rotatable bonds is 9. The zero-order valence-electron chi connectivity index (χ0n) is 20.0. The Kier molecular flexibility index (Phi) is 8.13. The van der Waals surface area contributed by atoms with Gasteiger partial charge in [-0.2, -0.15) is 4.98 Å². The molecule has 184 valence electrons. The van der Waals surface area contributed by atoms with Crippen LogP contribution in [0.1, 0.15) is 94.8 Å². The third kappa shape index (κ3) is 6.55. The number of amides is 2. The van der Waals surface area contributed by atoms with Crippen molar-refractivity contribution in [2.24, 2.45) is 0 Å². The average molecular weight is 470 g/mol. The summed E-state index contributed by atoms with van der Waals surface area (Å²) in [5, 5.41) is 10.2. The minimum absolute atomic E-state index is 0.0964. The monoisotopic (exact) mass is 469 g/mol. The predicted molar refractivity (Wildman–Crippen MR) is 125 cm³/mol. The van der Waals surface area contributed by atoms with Crippen molar-refractivity contribution in [3.8, 4) is 5.88 Å². The van der Waals surface area contributed by atoms with Crippen molar-refractivity contribution in [2.75, 3.05) is 0 Å². The molecule has 0 aliphatic heterocycles. The smallest absolute Gasteiger partial charge is 0.227 e. The summed E-state index contributed by atoms with van der Waals surface area (Å²) >= 11 is 0. The maximum absolute atomic E-state index is 12.4. The Morgan fingerprint density at radius 3 is 2.65 bits per heavy atom. The van der Waals surface area contributed by atoms with Crippen LogP contribution in [0.3, 0.4) is 0 Å². The van der Waals surface area contributed by atoms with Crippen LogP contribution in [0.2, 0.25) is 0 Å². The number of nitrogens with zero attached hydrogens (tertiary/aromatic N) is 3. The van der Waals surface area contributed by atoms with Crippen LogP contribution in [0.25, 0.3) is 0 Å². The summed E-state index contributed by atoms with van der Waals surface area (Å²) < 4.78 is 11.4. The maximum Gasteiger partial charge on any atom is 0.227 e. The Labute approximate surface area is 200 Å². The molecule has 2 saturated carbocycles. The third-order valence-electron chi connectivity index (χ3n) is 6.71. The number of nitrogens with one attached hydrogen (secondary N) is 2. The summed E-state index contributed by atoms with van der Waals surface area (Å²) in [5.74, 6) is 1.35. The molecule has 0 bridgehead atoms. The first-order chi connectivity index (χ1) is 16.5. The molecule has 2 aliphatic carbocycles. The number of hydrogen-bond acceptors (Lipinski definition) is 7. The first-order valence-corrected chi connectivity index (χ1v) is 12.5. The van der Waals surface area contributed by atoms with Gasteiger partial charge in [-0.05, 0) is 50.2 Å². The number of carbonyl (C=O) groups excluding carboxylic acids is 2. The van der Waals surface area contributed by atoms with Crippen LogP contribution >= 0.6 is 0 Å². The molecule has 2 fully saturated rings. The predicted octanol–water partition coefficient (Wildman–Crippen LogP) is 3.72. The van der Waals surface area contributed by atoms with Crippen LogP contribution in [0, 0.1) is 0 Å². The van der Waals surface area contributed by atoms with Gasteiger partial charge in [-0.3, -0.25) is 9.59 Å². The molecule has 9 heteroatoms. The van der Waals surface area contributed by atoms with E-state index >= 15 is 0 Å². The van der Waals surface area contributed by atoms with Crippen molar-refractivity contribution in [2.45, 2.75) is 102 Å². The molecule has 2 N–H and O–H groups in total. The van der Waals surface area contributed by atoms with E-state index in [1.165, 1.54) is 19.8 Å². The Bertz CT molecular complexity index is 962. The van der Waals surface area contributed by atoms with Crippen LogP contribution in [0.15, 0.2) is 22.9 Å². The highest BCUT2D eigenvalue weighted by Gasteiger charge is 2.38. The molecule has 9 nitrogen and oxygen atoms in total. The second kappa shape index (κ2) is 11.4. The van der Waals surface area contributed by atoms with E-state index in [1.54, 1.807) is 6.20 Å². The largest absolute Gasteiger partial charge is 0.474 e. The standard InChI is InChI=1S/C25H35N5O4/c1-18(31)29-25(13-6-2-3-7-14-25)24-28-22(34-30-24)11-10-21(32)27-17-19-12-15-26-23(16-19)33-20-8-4-5-9-20/h12,15-16,20H,2-11,13-14,17H2,1H3,(H,27,32)(H,29,31). The molecule has 2 aliphatic rings. The van der Waals surface area contributed by atoms with Crippen LogP contribution < -0.4 is 15.4 Å². The van der Waals surface area contributed by atoms with E-state index in [0.29, 0.717) is 30.6 Å². The highest BCUT2D eigenvalue weighted by molar-refractivity contribution is 5.76. The first kappa shape index (κ1) is 24.2. The van der Waals surface area contributed by atoms with Gasteiger partial charge in [0.25, 0.3) is 0 Å². The van der Waals surface area contributed by atoms with Gasteiger partial charge in [-0.1, -0.05) is 30.8 Å². The lowest BCUT2D eigenvalue weighted by Gasteiger charge is -2.30. The average Bonchev–Trinajstić information content (AvgIpc) is 3.46. The van der Waals surface area contributed by atoms with Crippen LogP contribution in [0.5, 0.6) is 5.88 Å². The van der Waals surface area contributed by atoms with Crippen molar-refractivity contribution >= 4 is 11.8 Å². The molecule has 0 aromatic carbocycles. The van der Waals surface area contributed by atoms with Gasteiger partial charge in [0.2, 0.25) is 23.6 Å². The van der Waals surface area contributed by atoms with E-state index in [2.05, 4.69) is 25.8 Å². The summed E-state index contributed by atoms with van der Waals surface area (Å²) in [6.07, 6.45) is 13.0. The first-order valence-electron chi connectivity index (χ1n) is 12.5. The van der Waals surface area contributed by atoms with Crippen molar-refractivity contribution in [1.82, 2.24) is 25.8 Å². The second-order valence-electron chi connectivity index (χ2n) is 9.49. The lowest BCUT2D eigenvalue weighted by molar-refractivity contribution is -0.122. The maximum atomic E-state index is 12.4.